The number of ether oxygens (including phenoxy) is 2. The van der Waals surface area contributed by atoms with Crippen molar-refractivity contribution in [3.63, 3.8) is 0 Å². The number of aromatic nitrogens is 3. The molecule has 1 fully saturated rings. The van der Waals surface area contributed by atoms with Gasteiger partial charge in [-0.15, -0.1) is 10.2 Å². The molecule has 0 bridgehead atoms. The van der Waals surface area contributed by atoms with Crippen LogP contribution in [0.25, 0.3) is 0 Å². The van der Waals surface area contributed by atoms with Crippen LogP contribution in [0.4, 0.5) is 5.95 Å². The monoisotopic (exact) mass is 402 g/mol. The van der Waals surface area contributed by atoms with Crippen molar-refractivity contribution < 1.29 is 14.3 Å². The zero-order chi connectivity index (χ0) is 19.5. The molecule has 0 spiro atoms. The van der Waals surface area contributed by atoms with Crippen molar-refractivity contribution in [2.45, 2.75) is 32.0 Å². The van der Waals surface area contributed by atoms with E-state index >= 15 is 0 Å². The summed E-state index contributed by atoms with van der Waals surface area (Å²) in [5, 5.41) is 9.61. The van der Waals surface area contributed by atoms with Crippen LogP contribution in [0, 0.1) is 5.92 Å². The van der Waals surface area contributed by atoms with Crippen molar-refractivity contribution in [2.24, 2.45) is 5.92 Å². The molecule has 0 N–H and O–H groups in total. The summed E-state index contributed by atoms with van der Waals surface area (Å²) in [6.07, 6.45) is 0.870. The van der Waals surface area contributed by atoms with Gasteiger partial charge >= 0.3 is 0 Å². The normalized spacial score (nSPS) is 16.3. The number of rotatable bonds is 7. The van der Waals surface area contributed by atoms with Gasteiger partial charge < -0.3 is 14.4 Å². The van der Waals surface area contributed by atoms with E-state index in [1.807, 2.05) is 18.2 Å². The predicted molar refractivity (Wildman–Crippen MR) is 109 cm³/mol. The highest BCUT2D eigenvalue weighted by Crippen LogP contribution is 2.28. The molecule has 0 radical (unpaired) electrons. The Kier molecular flexibility index (Phi) is 5.87. The SMILES string of the molecule is CC(C)Cn1c(SCC(=O)c2ccc3c(c2)CCO3)nnc1N1CCOCC1. The minimum Gasteiger partial charge on any atom is -0.493 e. The third kappa shape index (κ3) is 4.17. The van der Waals surface area contributed by atoms with E-state index < -0.39 is 0 Å². The molecule has 28 heavy (non-hydrogen) atoms. The van der Waals surface area contributed by atoms with Crippen molar-refractivity contribution in [2.75, 3.05) is 43.6 Å². The lowest BCUT2D eigenvalue weighted by atomic mass is 10.1. The predicted octanol–water partition coefficient (Wildman–Crippen LogP) is 2.68. The third-order valence-corrected chi connectivity index (χ3v) is 5.85. The standard InChI is InChI=1S/C20H26N4O3S/c1-14(2)12-24-19(23-6-9-26-10-7-23)21-22-20(24)28-13-17(25)15-3-4-18-16(11-15)5-8-27-18/h3-4,11,14H,5-10,12-13H2,1-2H3. The van der Waals surface area contributed by atoms with Gasteiger partial charge in [-0.05, 0) is 29.7 Å². The highest BCUT2D eigenvalue weighted by Gasteiger charge is 2.22. The smallest absolute Gasteiger partial charge is 0.228 e. The van der Waals surface area contributed by atoms with E-state index in [2.05, 4.69) is 33.5 Å². The van der Waals surface area contributed by atoms with Crippen molar-refractivity contribution in [3.8, 4) is 5.75 Å². The first-order chi connectivity index (χ1) is 13.6. The lowest BCUT2D eigenvalue weighted by Crippen LogP contribution is -2.38. The molecule has 2 aliphatic heterocycles. The fourth-order valence-corrected chi connectivity index (χ4v) is 4.32. The molecule has 1 aromatic carbocycles. The van der Waals surface area contributed by atoms with Crippen molar-refractivity contribution >= 4 is 23.5 Å². The van der Waals surface area contributed by atoms with Crippen LogP contribution in [-0.2, 0) is 17.7 Å². The number of hydrogen-bond donors (Lipinski definition) is 0. The number of benzene rings is 1. The second kappa shape index (κ2) is 8.53. The number of carbonyl (C=O) groups excluding carboxylic acids is 1. The van der Waals surface area contributed by atoms with E-state index in [9.17, 15) is 4.79 Å². The number of carbonyl (C=O) groups is 1. The summed E-state index contributed by atoms with van der Waals surface area (Å²) < 4.78 is 13.1. The van der Waals surface area contributed by atoms with Crippen molar-refractivity contribution in [3.05, 3.63) is 29.3 Å². The van der Waals surface area contributed by atoms with Gasteiger partial charge in [-0.3, -0.25) is 9.36 Å². The van der Waals surface area contributed by atoms with Crippen LogP contribution in [0.5, 0.6) is 5.75 Å². The summed E-state index contributed by atoms with van der Waals surface area (Å²) in [5.41, 5.74) is 1.86. The van der Waals surface area contributed by atoms with Crippen LogP contribution in [0.3, 0.4) is 0 Å². The molecule has 150 valence electrons. The number of ketones is 1. The molecule has 0 atom stereocenters. The first-order valence-corrected chi connectivity index (χ1v) is 10.8. The first kappa shape index (κ1) is 19.3. The molecular formula is C20H26N4O3S. The molecule has 1 saturated heterocycles. The highest BCUT2D eigenvalue weighted by atomic mass is 32.2. The van der Waals surface area contributed by atoms with E-state index in [1.54, 1.807) is 0 Å². The molecule has 0 unspecified atom stereocenters. The van der Waals surface area contributed by atoms with Gasteiger partial charge in [0, 0.05) is 31.6 Å². The van der Waals surface area contributed by atoms with Gasteiger partial charge in [-0.25, -0.2) is 0 Å². The average molecular weight is 403 g/mol. The lowest BCUT2D eigenvalue weighted by Gasteiger charge is -2.28. The molecule has 0 amide bonds. The van der Waals surface area contributed by atoms with Gasteiger partial charge in [0.2, 0.25) is 5.95 Å². The van der Waals surface area contributed by atoms with Crippen LogP contribution in [0.2, 0.25) is 0 Å². The molecule has 8 heteroatoms. The fraction of sp³-hybridized carbons (Fsp3) is 0.550. The molecule has 2 aliphatic rings. The first-order valence-electron chi connectivity index (χ1n) is 9.79. The van der Waals surface area contributed by atoms with E-state index in [1.165, 1.54) is 11.8 Å². The summed E-state index contributed by atoms with van der Waals surface area (Å²) >= 11 is 1.46. The van der Waals surface area contributed by atoms with Crippen LogP contribution in [0.1, 0.15) is 29.8 Å². The number of morpholine rings is 1. The van der Waals surface area contributed by atoms with Crippen LogP contribution < -0.4 is 9.64 Å². The third-order valence-electron chi connectivity index (χ3n) is 4.88. The summed E-state index contributed by atoms with van der Waals surface area (Å²) in [5.74, 6) is 2.69. The molecule has 2 aromatic rings. The van der Waals surface area contributed by atoms with Gasteiger partial charge in [0.05, 0.1) is 25.6 Å². The van der Waals surface area contributed by atoms with E-state index in [0.717, 1.165) is 54.0 Å². The zero-order valence-corrected chi connectivity index (χ0v) is 17.2. The fourth-order valence-electron chi connectivity index (χ4n) is 3.48. The quantitative estimate of drug-likeness (QED) is 0.521. The number of hydrogen-bond acceptors (Lipinski definition) is 7. The van der Waals surface area contributed by atoms with Gasteiger partial charge in [0.15, 0.2) is 10.9 Å². The molecule has 7 nitrogen and oxygen atoms in total. The largest absolute Gasteiger partial charge is 0.493 e. The Bertz CT molecular complexity index is 846. The van der Waals surface area contributed by atoms with Gasteiger partial charge in [0.25, 0.3) is 0 Å². The average Bonchev–Trinajstić information content (AvgIpc) is 3.32. The summed E-state index contributed by atoms with van der Waals surface area (Å²) in [7, 11) is 0. The number of fused-ring (bicyclic) bond motifs is 1. The Morgan fingerprint density at radius 2 is 2.04 bits per heavy atom. The van der Waals surface area contributed by atoms with E-state index in [-0.39, 0.29) is 5.78 Å². The highest BCUT2D eigenvalue weighted by molar-refractivity contribution is 7.99. The molecular weight excluding hydrogens is 376 g/mol. The maximum Gasteiger partial charge on any atom is 0.228 e. The molecule has 0 aliphatic carbocycles. The number of anilines is 1. The molecule has 3 heterocycles. The van der Waals surface area contributed by atoms with Gasteiger partial charge in [-0.1, -0.05) is 25.6 Å². The molecule has 1 aromatic heterocycles. The Hall–Kier alpha value is -2.06. The Labute approximate surface area is 169 Å². The lowest BCUT2D eigenvalue weighted by molar-refractivity contribution is 0.102. The zero-order valence-electron chi connectivity index (χ0n) is 16.4. The Balaban J connectivity index is 1.47. The van der Waals surface area contributed by atoms with Gasteiger partial charge in [0.1, 0.15) is 5.75 Å². The van der Waals surface area contributed by atoms with Crippen LogP contribution >= 0.6 is 11.8 Å². The number of Topliss-reactive ketones (excluding diaryl/α,β-unsaturated/α-hetero) is 1. The Morgan fingerprint density at radius 1 is 1.21 bits per heavy atom. The topological polar surface area (TPSA) is 69.5 Å². The minimum absolute atomic E-state index is 0.103. The second-order valence-electron chi connectivity index (χ2n) is 7.52. The Morgan fingerprint density at radius 3 is 2.82 bits per heavy atom. The maximum atomic E-state index is 12.7. The second-order valence-corrected chi connectivity index (χ2v) is 8.46. The van der Waals surface area contributed by atoms with E-state index in [4.69, 9.17) is 9.47 Å². The van der Waals surface area contributed by atoms with E-state index in [0.29, 0.717) is 31.5 Å². The summed E-state index contributed by atoms with van der Waals surface area (Å²) in [4.78, 5) is 14.9. The van der Waals surface area contributed by atoms with Crippen LogP contribution in [0.15, 0.2) is 23.4 Å². The molecule has 0 saturated carbocycles. The molecule has 4 rings (SSSR count). The van der Waals surface area contributed by atoms with Crippen molar-refractivity contribution in [1.82, 2.24) is 14.8 Å². The van der Waals surface area contributed by atoms with Crippen molar-refractivity contribution in [1.29, 1.82) is 0 Å². The number of thioether (sulfide) groups is 1. The minimum atomic E-state index is 0.103. The summed E-state index contributed by atoms with van der Waals surface area (Å²) in [6.45, 7) is 8.92. The van der Waals surface area contributed by atoms with Crippen LogP contribution in [-0.4, -0.2) is 59.2 Å². The summed E-state index contributed by atoms with van der Waals surface area (Å²) in [6, 6.07) is 5.71. The van der Waals surface area contributed by atoms with Gasteiger partial charge in [-0.2, -0.15) is 0 Å². The number of nitrogens with zero attached hydrogens (tertiary/aromatic N) is 4. The maximum absolute atomic E-state index is 12.7.